The molecule has 0 aromatic carbocycles. The Labute approximate surface area is 495 Å². The largest absolute Gasteiger partial charge is 0.488 e. The van der Waals surface area contributed by atoms with Gasteiger partial charge in [0.15, 0.2) is 22.8 Å². The lowest BCUT2D eigenvalue weighted by Crippen LogP contribution is -2.29. The Morgan fingerprint density at radius 2 is 0.791 bits per heavy atom. The van der Waals surface area contributed by atoms with Gasteiger partial charge in [0.2, 0.25) is 0 Å². The fraction of sp³-hybridized carbons (Fsp3) is 0.237. The summed E-state index contributed by atoms with van der Waals surface area (Å²) in [6.45, 7) is 18.2. The Hall–Kier alpha value is -10.7. The van der Waals surface area contributed by atoms with E-state index in [-0.39, 0.29) is 23.6 Å². The average molecular weight is 1170 g/mol. The number of carboxylic acid groups (broad SMARTS) is 1. The number of allylic oxidation sites excluding steroid dienone is 1. The molecule has 446 valence electrons. The minimum Gasteiger partial charge on any atom is -0.477 e. The summed E-state index contributed by atoms with van der Waals surface area (Å²) in [5.74, 6) is -2.38. The van der Waals surface area contributed by atoms with Gasteiger partial charge in [-0.1, -0.05) is 0 Å². The molecule has 9 aromatic rings. The van der Waals surface area contributed by atoms with Gasteiger partial charge in [-0.15, -0.1) is 0 Å². The van der Waals surface area contributed by atoms with E-state index < -0.39 is 19.1 Å². The zero-order valence-corrected chi connectivity index (χ0v) is 48.8. The third kappa shape index (κ3) is 20.1. The van der Waals surface area contributed by atoms with Crippen molar-refractivity contribution in [2.24, 2.45) is 4.99 Å². The normalized spacial score (nSPS) is 10.8. The van der Waals surface area contributed by atoms with Crippen LogP contribution in [0.4, 0.5) is 0 Å². The maximum Gasteiger partial charge on any atom is 0.488 e. The van der Waals surface area contributed by atoms with Crippen LogP contribution in [-0.2, 0) is 23.7 Å². The molecule has 1 aliphatic rings. The maximum absolute atomic E-state index is 11.8. The number of pyridine rings is 5. The van der Waals surface area contributed by atoms with Crippen LogP contribution in [0.5, 0.6) is 0 Å². The Kier molecular flexibility index (Phi) is 26.2. The quantitative estimate of drug-likeness (QED) is 0.0616. The molecule has 0 bridgehead atoms. The number of hydrogen-bond donors (Lipinski definition) is 3. The molecule has 86 heavy (non-hydrogen) atoms. The molecule has 3 N–H and O–H groups in total. The molecule has 26 nitrogen and oxygen atoms in total. The molecular weight excluding hydrogens is 1110 g/mol. The van der Waals surface area contributed by atoms with Gasteiger partial charge in [-0.05, 0) is 159 Å². The molecule has 0 unspecified atom stereocenters. The zero-order chi connectivity index (χ0) is 62.5. The van der Waals surface area contributed by atoms with Crippen molar-refractivity contribution in [2.45, 2.75) is 62.3 Å². The Balaban J connectivity index is 0.000000191. The van der Waals surface area contributed by atoms with Crippen LogP contribution >= 0.6 is 0 Å². The van der Waals surface area contributed by atoms with Gasteiger partial charge in [-0.25, -0.2) is 42.7 Å². The predicted octanol–water partition coefficient (Wildman–Crippen LogP) is 6.24. The Morgan fingerprint density at radius 1 is 0.453 bits per heavy atom. The fourth-order valence-electron chi connectivity index (χ4n) is 7.36. The first-order valence-electron chi connectivity index (χ1n) is 26.7. The van der Waals surface area contributed by atoms with E-state index in [4.69, 9.17) is 34.1 Å². The Bertz CT molecular complexity index is 3570. The molecule has 0 aliphatic carbocycles. The van der Waals surface area contributed by atoms with Crippen LogP contribution in [-0.4, -0.2) is 155 Å². The van der Waals surface area contributed by atoms with E-state index >= 15 is 0 Å². The number of esters is 4. The van der Waals surface area contributed by atoms with Crippen molar-refractivity contribution in [1.29, 1.82) is 0 Å². The monoisotopic (exact) mass is 1170 g/mol. The van der Waals surface area contributed by atoms with Crippen molar-refractivity contribution in [3.05, 3.63) is 204 Å². The minimum absolute atomic E-state index is 0.152. The van der Waals surface area contributed by atoms with Crippen LogP contribution in [0.25, 0.3) is 22.7 Å². The van der Waals surface area contributed by atoms with Crippen LogP contribution in [0.15, 0.2) is 164 Å². The lowest BCUT2D eigenvalue weighted by Gasteiger charge is -2.05. The summed E-state index contributed by atoms with van der Waals surface area (Å²) in [4.78, 5) is 80.4. The van der Waals surface area contributed by atoms with E-state index in [0.29, 0.717) is 72.5 Å². The molecule has 9 aromatic heterocycles. The SMILES string of the molecule is CCOC(=O)C1=CC(C)=NC1.CCOC(=O)c1cc(C)n(-c2ccncc2)n1.CCOC(=O)c1cc(C)nn1-c1ccncc1.CCOC(=O)c1cc(C)nn1-c1ccncc1.Cc1cc(C(=O)O)n(-c2ccncc2)n1.OB(O)c1ccncc1. The van der Waals surface area contributed by atoms with Gasteiger partial charge >= 0.3 is 37.0 Å². The highest BCUT2D eigenvalue weighted by Gasteiger charge is 2.19. The van der Waals surface area contributed by atoms with E-state index in [1.165, 1.54) is 23.1 Å². The number of carbonyl (C=O) groups is 5. The number of aliphatic imine (C=N–C) groups is 1. The number of nitrogens with zero attached hydrogens (tertiary/aromatic N) is 14. The predicted molar refractivity (Wildman–Crippen MR) is 316 cm³/mol. The fourth-order valence-corrected chi connectivity index (χ4v) is 7.36. The van der Waals surface area contributed by atoms with Gasteiger partial charge in [0.05, 0.1) is 78.4 Å². The number of aromatic carboxylic acids is 1. The summed E-state index contributed by atoms with van der Waals surface area (Å²) < 4.78 is 25.9. The molecule has 10 rings (SSSR count). The summed E-state index contributed by atoms with van der Waals surface area (Å²) in [7, 11) is -1.38. The molecule has 0 atom stereocenters. The first-order valence-corrected chi connectivity index (χ1v) is 26.7. The minimum atomic E-state index is -1.38. The molecule has 0 fully saturated rings. The van der Waals surface area contributed by atoms with Gasteiger partial charge in [-0.3, -0.25) is 29.9 Å². The number of ether oxygens (including phenoxy) is 4. The van der Waals surface area contributed by atoms with Crippen LogP contribution in [0.1, 0.15) is 99.3 Å². The summed E-state index contributed by atoms with van der Waals surface area (Å²) >= 11 is 0. The van der Waals surface area contributed by atoms with Crippen molar-refractivity contribution < 1.29 is 58.1 Å². The van der Waals surface area contributed by atoms with Gasteiger partial charge < -0.3 is 34.1 Å². The lowest BCUT2D eigenvalue weighted by molar-refractivity contribution is -0.138. The van der Waals surface area contributed by atoms with Crippen LogP contribution in [0.3, 0.4) is 0 Å². The molecular formula is C59H65BN14O12. The van der Waals surface area contributed by atoms with Gasteiger partial charge in [0.25, 0.3) is 0 Å². The second-order valence-electron chi connectivity index (χ2n) is 17.6. The molecule has 27 heteroatoms. The second-order valence-corrected chi connectivity index (χ2v) is 17.6. The summed E-state index contributed by atoms with van der Waals surface area (Å²) in [5.41, 5.74) is 9.56. The second kappa shape index (κ2) is 34.1. The van der Waals surface area contributed by atoms with Crippen molar-refractivity contribution >= 4 is 48.1 Å². The van der Waals surface area contributed by atoms with Crippen LogP contribution in [0, 0.1) is 27.7 Å². The summed E-state index contributed by atoms with van der Waals surface area (Å²) in [5, 5.41) is 42.9. The number of rotatable bonds is 14. The first kappa shape index (κ1) is 66.1. The van der Waals surface area contributed by atoms with Crippen LogP contribution in [0.2, 0.25) is 0 Å². The van der Waals surface area contributed by atoms with Crippen molar-refractivity contribution in [3.8, 4) is 22.7 Å². The number of carboxylic acids is 1. The Morgan fingerprint density at radius 3 is 1.13 bits per heavy atom. The van der Waals surface area contributed by atoms with E-state index in [1.54, 1.807) is 171 Å². The molecule has 0 amide bonds. The van der Waals surface area contributed by atoms with Gasteiger partial charge in [0.1, 0.15) is 0 Å². The number of aromatic nitrogens is 13. The summed E-state index contributed by atoms with van der Waals surface area (Å²) in [6, 6.07) is 24.0. The van der Waals surface area contributed by atoms with Crippen molar-refractivity contribution in [1.82, 2.24) is 64.0 Å². The van der Waals surface area contributed by atoms with Crippen molar-refractivity contribution in [2.75, 3.05) is 33.0 Å². The lowest BCUT2D eigenvalue weighted by atomic mass is 9.81. The van der Waals surface area contributed by atoms with Gasteiger partial charge in [-0.2, -0.15) is 20.4 Å². The van der Waals surface area contributed by atoms with E-state index in [0.717, 1.165) is 39.9 Å². The van der Waals surface area contributed by atoms with Crippen molar-refractivity contribution in [3.63, 3.8) is 0 Å². The number of hydrogen-bond acceptors (Lipinski definition) is 21. The molecule has 0 saturated carbocycles. The molecule has 0 radical (unpaired) electrons. The molecule has 1 aliphatic heterocycles. The first-order chi connectivity index (χ1) is 41.4. The standard InChI is InChI=1S/3C12H13N3O2.C10H9N3O2.C8H11NO2.C5H6BNO2/c1-3-17-12(16)11-8-9(2)15(14-11)10-4-6-13-7-5-10;2*1-3-17-12(16)11-8-9(2)14-15(11)10-4-6-13-7-5-10;1-7-6-9(10(14)15)13(12-7)8-2-4-11-5-3-8;1-3-11-8(10)7-4-6(2)9-5-7;8-6(9)5-1-3-7-4-2-5/h3*4-8H,3H2,1-2H3;2-6H,1H3,(H,14,15);4H,3,5H2,1-2H3;1-4,8-9H. The van der Waals surface area contributed by atoms with Crippen LogP contribution < -0.4 is 5.46 Å². The molecule has 0 saturated heterocycles. The average Bonchev–Trinajstić information content (AvgIpc) is 3.04. The summed E-state index contributed by atoms with van der Waals surface area (Å²) in [6.07, 6.45) is 17.9. The third-order valence-corrected chi connectivity index (χ3v) is 11.1. The van der Waals surface area contributed by atoms with E-state index in [9.17, 15) is 24.0 Å². The smallest absolute Gasteiger partial charge is 0.477 e. The highest BCUT2D eigenvalue weighted by atomic mass is 16.5. The molecule has 0 spiro atoms. The van der Waals surface area contributed by atoms with E-state index in [1.807, 2.05) is 39.8 Å². The van der Waals surface area contributed by atoms with Gasteiger partial charge in [0, 0.05) is 73.4 Å². The maximum atomic E-state index is 11.8. The molecule has 10 heterocycles. The number of carbonyl (C=O) groups excluding carboxylic acids is 4. The highest BCUT2D eigenvalue weighted by molar-refractivity contribution is 6.58. The zero-order valence-electron chi connectivity index (χ0n) is 48.8. The highest BCUT2D eigenvalue weighted by Crippen LogP contribution is 2.16. The number of aryl methyl sites for hydroxylation is 4. The topological polar surface area (TPSA) is 331 Å². The third-order valence-electron chi connectivity index (χ3n) is 11.1. The van der Waals surface area contributed by atoms with E-state index in [2.05, 4.69) is 50.3 Å².